The molecule has 0 atom stereocenters. The number of rotatable bonds is 5. The van der Waals surface area contributed by atoms with Gasteiger partial charge in [-0.2, -0.15) is 0 Å². The molecule has 3 rings (SSSR count). The maximum atomic E-state index is 12.3. The quantitative estimate of drug-likeness (QED) is 0.845. The summed E-state index contributed by atoms with van der Waals surface area (Å²) in [6.45, 7) is 0.260. The number of benzene rings is 1. The number of aliphatic carboxylic acids is 1. The molecular formula is C15H17NO3. The number of carbonyl (C=O) groups is 2. The lowest BCUT2D eigenvalue weighted by molar-refractivity contribution is -0.143. The number of carboxylic acids is 1. The fourth-order valence-electron chi connectivity index (χ4n) is 2.56. The third-order valence-electron chi connectivity index (χ3n) is 4.41. The fraction of sp³-hybridized carbons (Fsp3) is 0.467. The summed E-state index contributed by atoms with van der Waals surface area (Å²) in [5.41, 5.74) is -0.0641. The average molecular weight is 259 g/mol. The highest BCUT2D eigenvalue weighted by Crippen LogP contribution is 2.49. The molecular weight excluding hydrogens is 242 g/mol. The first kappa shape index (κ1) is 12.2. The molecule has 1 amide bonds. The van der Waals surface area contributed by atoms with E-state index in [1.54, 1.807) is 0 Å². The average Bonchev–Trinajstić information content (AvgIpc) is 3.30. The Morgan fingerprint density at radius 1 is 1.11 bits per heavy atom. The van der Waals surface area contributed by atoms with Crippen molar-refractivity contribution in [2.24, 2.45) is 5.41 Å². The van der Waals surface area contributed by atoms with E-state index in [-0.39, 0.29) is 12.5 Å². The maximum absolute atomic E-state index is 12.3. The van der Waals surface area contributed by atoms with Gasteiger partial charge in [0.25, 0.3) is 0 Å². The van der Waals surface area contributed by atoms with E-state index in [0.29, 0.717) is 12.8 Å². The van der Waals surface area contributed by atoms with Crippen LogP contribution in [0, 0.1) is 5.41 Å². The smallest absolute Gasteiger partial charge is 0.311 e. The van der Waals surface area contributed by atoms with Crippen molar-refractivity contribution in [2.75, 3.05) is 6.54 Å². The first-order valence-corrected chi connectivity index (χ1v) is 6.66. The predicted molar refractivity (Wildman–Crippen MR) is 69.7 cm³/mol. The van der Waals surface area contributed by atoms with Crippen molar-refractivity contribution in [2.45, 2.75) is 31.1 Å². The van der Waals surface area contributed by atoms with Crippen LogP contribution in [0.25, 0.3) is 0 Å². The van der Waals surface area contributed by atoms with Gasteiger partial charge in [0.15, 0.2) is 0 Å². The molecule has 4 heteroatoms. The minimum absolute atomic E-state index is 0.0220. The molecule has 2 N–H and O–H groups in total. The number of hydrogen-bond donors (Lipinski definition) is 2. The molecule has 0 heterocycles. The van der Waals surface area contributed by atoms with E-state index in [1.807, 2.05) is 30.3 Å². The van der Waals surface area contributed by atoms with E-state index in [1.165, 1.54) is 0 Å². The molecule has 0 unspecified atom stereocenters. The number of carboxylic acid groups (broad SMARTS) is 1. The molecule has 0 aromatic heterocycles. The van der Waals surface area contributed by atoms with Crippen molar-refractivity contribution in [1.82, 2.24) is 5.32 Å². The van der Waals surface area contributed by atoms with Crippen LogP contribution in [0.1, 0.15) is 31.2 Å². The molecule has 100 valence electrons. The van der Waals surface area contributed by atoms with Gasteiger partial charge in [-0.25, -0.2) is 0 Å². The number of carbonyl (C=O) groups excluding carboxylic acids is 1. The summed E-state index contributed by atoms with van der Waals surface area (Å²) in [4.78, 5) is 23.4. The molecule has 1 aromatic rings. The molecule has 0 spiro atoms. The Bertz CT molecular complexity index is 515. The standard InChI is InChI=1S/C15H17NO3/c17-12(16-10-14(6-7-14)13(18)19)15(8-9-15)11-4-2-1-3-5-11/h1-5H,6-10H2,(H,16,17)(H,18,19). The van der Waals surface area contributed by atoms with Crippen LogP contribution in [-0.2, 0) is 15.0 Å². The van der Waals surface area contributed by atoms with Crippen LogP contribution in [0.2, 0.25) is 0 Å². The van der Waals surface area contributed by atoms with Crippen molar-refractivity contribution in [3.63, 3.8) is 0 Å². The second-order valence-corrected chi connectivity index (χ2v) is 5.72. The molecule has 2 fully saturated rings. The first-order chi connectivity index (χ1) is 9.09. The lowest BCUT2D eigenvalue weighted by Crippen LogP contribution is -2.40. The first-order valence-electron chi connectivity index (χ1n) is 6.66. The largest absolute Gasteiger partial charge is 0.481 e. The van der Waals surface area contributed by atoms with Crippen LogP contribution >= 0.6 is 0 Å². The van der Waals surface area contributed by atoms with Gasteiger partial charge in [0.2, 0.25) is 5.91 Å². The van der Waals surface area contributed by atoms with Crippen LogP contribution in [0.15, 0.2) is 30.3 Å². The van der Waals surface area contributed by atoms with Crippen LogP contribution in [0.3, 0.4) is 0 Å². The highest BCUT2D eigenvalue weighted by atomic mass is 16.4. The van der Waals surface area contributed by atoms with Crippen LogP contribution in [0.4, 0.5) is 0 Å². The third kappa shape index (κ3) is 2.01. The summed E-state index contributed by atoms with van der Waals surface area (Å²) in [5, 5.41) is 11.9. The number of hydrogen-bond acceptors (Lipinski definition) is 2. The summed E-state index contributed by atoms with van der Waals surface area (Å²) in [6, 6.07) is 9.74. The minimum Gasteiger partial charge on any atom is -0.481 e. The van der Waals surface area contributed by atoms with Crippen LogP contribution in [0.5, 0.6) is 0 Å². The number of nitrogens with one attached hydrogen (secondary N) is 1. The summed E-state index contributed by atoms with van der Waals surface area (Å²) in [5.74, 6) is -0.816. The topological polar surface area (TPSA) is 66.4 Å². The predicted octanol–water partition coefficient (Wildman–Crippen LogP) is 1.70. The Kier molecular flexibility index (Phi) is 2.62. The van der Waals surface area contributed by atoms with E-state index >= 15 is 0 Å². The van der Waals surface area contributed by atoms with Gasteiger partial charge in [-0.1, -0.05) is 30.3 Å². The molecule has 2 aliphatic carbocycles. The molecule has 2 saturated carbocycles. The summed E-state index contributed by atoms with van der Waals surface area (Å²) < 4.78 is 0. The van der Waals surface area contributed by atoms with Gasteiger partial charge in [-0.05, 0) is 31.2 Å². The van der Waals surface area contributed by atoms with Crippen molar-refractivity contribution in [3.05, 3.63) is 35.9 Å². The van der Waals surface area contributed by atoms with Gasteiger partial charge in [-0.15, -0.1) is 0 Å². The molecule has 19 heavy (non-hydrogen) atoms. The Morgan fingerprint density at radius 2 is 1.74 bits per heavy atom. The molecule has 4 nitrogen and oxygen atoms in total. The molecule has 0 saturated heterocycles. The summed E-state index contributed by atoms with van der Waals surface area (Å²) in [6.07, 6.45) is 3.04. The summed E-state index contributed by atoms with van der Waals surface area (Å²) in [7, 11) is 0. The summed E-state index contributed by atoms with van der Waals surface area (Å²) >= 11 is 0. The van der Waals surface area contributed by atoms with Gasteiger partial charge in [0.1, 0.15) is 0 Å². The second-order valence-electron chi connectivity index (χ2n) is 5.72. The van der Waals surface area contributed by atoms with Gasteiger partial charge in [-0.3, -0.25) is 9.59 Å². The number of amides is 1. The molecule has 0 radical (unpaired) electrons. The fourth-order valence-corrected chi connectivity index (χ4v) is 2.56. The van der Waals surface area contributed by atoms with Gasteiger partial charge in [0.05, 0.1) is 10.8 Å². The SMILES string of the molecule is O=C(O)C1(CNC(=O)C2(c3ccccc3)CC2)CC1. The minimum atomic E-state index is -0.794. The van der Waals surface area contributed by atoms with Crippen molar-refractivity contribution < 1.29 is 14.7 Å². The van der Waals surface area contributed by atoms with E-state index < -0.39 is 16.8 Å². The Hall–Kier alpha value is -1.84. The van der Waals surface area contributed by atoms with Crippen molar-refractivity contribution in [3.8, 4) is 0 Å². The Morgan fingerprint density at radius 3 is 2.21 bits per heavy atom. The Balaban J connectivity index is 1.67. The zero-order chi connectivity index (χ0) is 13.5. The van der Waals surface area contributed by atoms with Gasteiger partial charge < -0.3 is 10.4 Å². The van der Waals surface area contributed by atoms with Crippen LogP contribution in [-0.4, -0.2) is 23.5 Å². The molecule has 2 aliphatic rings. The maximum Gasteiger partial charge on any atom is 0.311 e. The Labute approximate surface area is 111 Å². The lowest BCUT2D eigenvalue weighted by Gasteiger charge is -2.18. The van der Waals surface area contributed by atoms with Crippen molar-refractivity contribution in [1.29, 1.82) is 0 Å². The van der Waals surface area contributed by atoms with E-state index in [0.717, 1.165) is 18.4 Å². The molecule has 0 bridgehead atoms. The van der Waals surface area contributed by atoms with E-state index in [9.17, 15) is 9.59 Å². The lowest BCUT2D eigenvalue weighted by atomic mass is 9.94. The molecule has 0 aliphatic heterocycles. The zero-order valence-corrected chi connectivity index (χ0v) is 10.7. The van der Waals surface area contributed by atoms with Crippen molar-refractivity contribution >= 4 is 11.9 Å². The van der Waals surface area contributed by atoms with E-state index in [4.69, 9.17) is 5.11 Å². The third-order valence-corrected chi connectivity index (χ3v) is 4.41. The monoisotopic (exact) mass is 259 g/mol. The van der Waals surface area contributed by atoms with Crippen LogP contribution < -0.4 is 5.32 Å². The second kappa shape index (κ2) is 4.08. The van der Waals surface area contributed by atoms with Gasteiger partial charge >= 0.3 is 5.97 Å². The molecule has 1 aromatic carbocycles. The normalized spacial score (nSPS) is 21.5. The zero-order valence-electron chi connectivity index (χ0n) is 10.7. The highest BCUT2D eigenvalue weighted by molar-refractivity contribution is 5.91. The van der Waals surface area contributed by atoms with E-state index in [2.05, 4.69) is 5.32 Å². The highest BCUT2D eigenvalue weighted by Gasteiger charge is 2.54. The van der Waals surface area contributed by atoms with Gasteiger partial charge in [0, 0.05) is 6.54 Å².